The van der Waals surface area contributed by atoms with Crippen molar-refractivity contribution in [1.29, 1.82) is 0 Å². The molecule has 1 aliphatic rings. The summed E-state index contributed by atoms with van der Waals surface area (Å²) in [5.74, 6) is 0.682. The quantitative estimate of drug-likeness (QED) is 0.427. The summed E-state index contributed by atoms with van der Waals surface area (Å²) in [7, 11) is 0. The van der Waals surface area contributed by atoms with Gasteiger partial charge in [0.25, 0.3) is 5.91 Å². The van der Waals surface area contributed by atoms with E-state index in [0.29, 0.717) is 31.0 Å². The number of imidazole rings is 1. The maximum absolute atomic E-state index is 13.1. The van der Waals surface area contributed by atoms with Crippen molar-refractivity contribution in [3.8, 4) is 5.75 Å². The lowest BCUT2D eigenvalue weighted by atomic mass is 10.1. The molecule has 0 aliphatic carbocycles. The summed E-state index contributed by atoms with van der Waals surface area (Å²) in [6.45, 7) is 5.26. The number of carbonyl (C=O) groups excluding carboxylic acids is 1. The number of piperazine rings is 1. The number of pyridine rings is 1. The lowest BCUT2D eigenvalue weighted by Crippen LogP contribution is -2.48. The number of aryl methyl sites for hydroxylation is 1. The van der Waals surface area contributed by atoms with Crippen LogP contribution in [-0.2, 0) is 6.61 Å². The van der Waals surface area contributed by atoms with Crippen LogP contribution in [0, 0.1) is 6.92 Å². The molecule has 3 heterocycles. The van der Waals surface area contributed by atoms with Gasteiger partial charge in [0.05, 0.1) is 5.69 Å². The van der Waals surface area contributed by atoms with Crippen LogP contribution in [0.5, 0.6) is 5.75 Å². The van der Waals surface area contributed by atoms with Crippen LogP contribution in [0.2, 0.25) is 5.02 Å². The molecule has 2 aromatic carbocycles. The molecule has 1 amide bonds. The molecule has 0 unspecified atom stereocenters. The summed E-state index contributed by atoms with van der Waals surface area (Å²) < 4.78 is 7.96. The normalized spacial score (nSPS) is 14.0. The van der Waals surface area contributed by atoms with Gasteiger partial charge in [-0.05, 0) is 55.0 Å². The highest BCUT2D eigenvalue weighted by Gasteiger charge is 2.22. The first kappa shape index (κ1) is 21.3. The standard InChI is InChI=1S/C26H25ClN4O2/c1-19-5-4-10-31-17-22(28-25(19)31)18-33-24-9-2-6-20(15-24)26(32)30-13-11-29(12-14-30)23-8-3-7-21(27)16-23/h2-10,15-17H,11-14,18H2,1H3. The summed E-state index contributed by atoms with van der Waals surface area (Å²) in [6.07, 6.45) is 3.95. The minimum absolute atomic E-state index is 0.0227. The van der Waals surface area contributed by atoms with Crippen LogP contribution >= 0.6 is 11.6 Å². The molecule has 0 radical (unpaired) electrons. The Morgan fingerprint density at radius 1 is 1.03 bits per heavy atom. The SMILES string of the molecule is Cc1cccn2cc(COc3cccc(C(=O)N4CCN(c5cccc(Cl)c5)CC4)c3)nc12. The van der Waals surface area contributed by atoms with Gasteiger partial charge in [0, 0.05) is 54.8 Å². The highest BCUT2D eigenvalue weighted by atomic mass is 35.5. The number of hydrogen-bond acceptors (Lipinski definition) is 4. The molecule has 7 heteroatoms. The Hall–Kier alpha value is -3.51. The Kier molecular flexibility index (Phi) is 5.92. The first-order chi connectivity index (χ1) is 16.1. The van der Waals surface area contributed by atoms with Gasteiger partial charge in [0.1, 0.15) is 18.0 Å². The summed E-state index contributed by atoms with van der Waals surface area (Å²) in [5, 5.41) is 0.724. The number of amides is 1. The number of rotatable bonds is 5. The van der Waals surface area contributed by atoms with Crippen molar-refractivity contribution in [2.45, 2.75) is 13.5 Å². The van der Waals surface area contributed by atoms with E-state index in [2.05, 4.69) is 16.0 Å². The Bertz CT molecular complexity index is 1290. The van der Waals surface area contributed by atoms with Gasteiger partial charge in [-0.1, -0.05) is 29.8 Å². The van der Waals surface area contributed by atoms with E-state index in [0.717, 1.165) is 40.7 Å². The van der Waals surface area contributed by atoms with Crippen LogP contribution in [0.15, 0.2) is 73.1 Å². The van der Waals surface area contributed by atoms with Gasteiger partial charge < -0.3 is 18.9 Å². The Balaban J connectivity index is 1.21. The molecule has 1 aliphatic heterocycles. The second-order valence-corrected chi connectivity index (χ2v) is 8.67. The summed E-state index contributed by atoms with van der Waals surface area (Å²) in [6, 6.07) is 19.3. The van der Waals surface area contributed by atoms with Gasteiger partial charge in [-0.3, -0.25) is 4.79 Å². The van der Waals surface area contributed by atoms with E-state index in [9.17, 15) is 4.79 Å². The zero-order valence-corrected chi connectivity index (χ0v) is 19.2. The maximum Gasteiger partial charge on any atom is 0.254 e. The Morgan fingerprint density at radius 3 is 2.64 bits per heavy atom. The van der Waals surface area contributed by atoms with E-state index in [4.69, 9.17) is 16.3 Å². The number of nitrogens with zero attached hydrogens (tertiary/aromatic N) is 4. The molecule has 33 heavy (non-hydrogen) atoms. The van der Waals surface area contributed by atoms with Crippen LogP contribution in [0.4, 0.5) is 5.69 Å². The number of anilines is 1. The third kappa shape index (κ3) is 4.66. The number of carbonyl (C=O) groups is 1. The smallest absolute Gasteiger partial charge is 0.254 e. The van der Waals surface area contributed by atoms with E-state index < -0.39 is 0 Å². The van der Waals surface area contributed by atoms with Crippen molar-refractivity contribution in [3.05, 3.63) is 94.9 Å². The second-order valence-electron chi connectivity index (χ2n) is 8.23. The van der Waals surface area contributed by atoms with Crippen molar-refractivity contribution in [2.24, 2.45) is 0 Å². The fraction of sp³-hybridized carbons (Fsp3) is 0.231. The monoisotopic (exact) mass is 460 g/mol. The minimum atomic E-state index is 0.0227. The predicted octanol–water partition coefficient (Wildman–Crippen LogP) is 4.84. The van der Waals surface area contributed by atoms with E-state index in [-0.39, 0.29) is 5.91 Å². The fourth-order valence-corrected chi connectivity index (χ4v) is 4.36. The minimum Gasteiger partial charge on any atom is -0.487 e. The highest BCUT2D eigenvalue weighted by Crippen LogP contribution is 2.22. The van der Waals surface area contributed by atoms with Gasteiger partial charge in [0.15, 0.2) is 0 Å². The average molecular weight is 461 g/mol. The molecule has 6 nitrogen and oxygen atoms in total. The second kappa shape index (κ2) is 9.16. The molecule has 4 aromatic rings. The lowest BCUT2D eigenvalue weighted by molar-refractivity contribution is 0.0746. The molecule has 2 aromatic heterocycles. The first-order valence-corrected chi connectivity index (χ1v) is 11.4. The van der Waals surface area contributed by atoms with Gasteiger partial charge in [-0.15, -0.1) is 0 Å². The van der Waals surface area contributed by atoms with Gasteiger partial charge >= 0.3 is 0 Å². The molecule has 5 rings (SSSR count). The van der Waals surface area contributed by atoms with Crippen LogP contribution in [0.25, 0.3) is 5.65 Å². The van der Waals surface area contributed by atoms with E-state index in [1.807, 2.05) is 83.2 Å². The zero-order valence-electron chi connectivity index (χ0n) is 18.4. The van der Waals surface area contributed by atoms with Crippen molar-refractivity contribution >= 4 is 28.8 Å². The molecule has 1 fully saturated rings. The molecule has 0 bridgehead atoms. The lowest BCUT2D eigenvalue weighted by Gasteiger charge is -2.36. The summed E-state index contributed by atoms with van der Waals surface area (Å²) >= 11 is 6.12. The number of halogens is 1. The molecule has 0 spiro atoms. The Labute approximate surface area is 198 Å². The molecule has 0 saturated carbocycles. The maximum atomic E-state index is 13.1. The third-order valence-electron chi connectivity index (χ3n) is 5.94. The van der Waals surface area contributed by atoms with Crippen molar-refractivity contribution in [3.63, 3.8) is 0 Å². The number of benzene rings is 2. The van der Waals surface area contributed by atoms with E-state index in [1.165, 1.54) is 0 Å². The molecular formula is C26H25ClN4O2. The summed E-state index contributed by atoms with van der Waals surface area (Å²) in [5.41, 5.74) is 4.61. The largest absolute Gasteiger partial charge is 0.487 e. The van der Waals surface area contributed by atoms with Gasteiger partial charge in [0.2, 0.25) is 0 Å². The van der Waals surface area contributed by atoms with Crippen LogP contribution in [0.1, 0.15) is 21.6 Å². The summed E-state index contributed by atoms with van der Waals surface area (Å²) in [4.78, 5) is 21.9. The van der Waals surface area contributed by atoms with E-state index >= 15 is 0 Å². The third-order valence-corrected chi connectivity index (χ3v) is 6.17. The number of fused-ring (bicyclic) bond motifs is 1. The topological polar surface area (TPSA) is 50.1 Å². The molecule has 168 valence electrons. The number of ether oxygens (including phenoxy) is 1. The average Bonchev–Trinajstić information content (AvgIpc) is 3.27. The molecule has 1 saturated heterocycles. The van der Waals surface area contributed by atoms with E-state index in [1.54, 1.807) is 0 Å². The first-order valence-electron chi connectivity index (χ1n) is 11.0. The fourth-order valence-electron chi connectivity index (χ4n) is 4.17. The van der Waals surface area contributed by atoms with Gasteiger partial charge in [-0.2, -0.15) is 0 Å². The highest BCUT2D eigenvalue weighted by molar-refractivity contribution is 6.30. The predicted molar refractivity (Wildman–Crippen MR) is 130 cm³/mol. The van der Waals surface area contributed by atoms with Crippen molar-refractivity contribution in [2.75, 3.05) is 31.1 Å². The number of aromatic nitrogens is 2. The zero-order chi connectivity index (χ0) is 22.8. The molecule has 0 atom stereocenters. The van der Waals surface area contributed by atoms with Crippen LogP contribution in [-0.4, -0.2) is 46.4 Å². The van der Waals surface area contributed by atoms with Crippen molar-refractivity contribution < 1.29 is 9.53 Å². The van der Waals surface area contributed by atoms with Crippen molar-refractivity contribution in [1.82, 2.24) is 14.3 Å². The number of hydrogen-bond donors (Lipinski definition) is 0. The van der Waals surface area contributed by atoms with Crippen LogP contribution in [0.3, 0.4) is 0 Å². The Morgan fingerprint density at radius 2 is 1.85 bits per heavy atom. The van der Waals surface area contributed by atoms with Gasteiger partial charge in [-0.25, -0.2) is 4.98 Å². The van der Waals surface area contributed by atoms with Crippen LogP contribution < -0.4 is 9.64 Å². The molecular weight excluding hydrogens is 436 g/mol. The molecule has 0 N–H and O–H groups in total.